The maximum absolute atomic E-state index is 12.0. The second kappa shape index (κ2) is 7.81. The van der Waals surface area contributed by atoms with E-state index in [0.717, 1.165) is 12.8 Å². The van der Waals surface area contributed by atoms with Crippen molar-refractivity contribution in [2.24, 2.45) is 5.92 Å². The van der Waals surface area contributed by atoms with Crippen molar-refractivity contribution in [3.05, 3.63) is 35.9 Å². The van der Waals surface area contributed by atoms with Crippen LogP contribution in [0.25, 0.3) is 0 Å². The molecule has 0 spiro atoms. The standard InChI is InChI=1S/C17H25NO3/c1-13(2)17(3,12-16(20)21)18-15(19)11-7-10-14-8-5-4-6-9-14/h4-6,8-9,13H,7,10-12H2,1-3H3,(H,18,19)(H,20,21). The molecular formula is C17H25NO3. The van der Waals surface area contributed by atoms with Crippen molar-refractivity contribution in [2.75, 3.05) is 0 Å². The number of hydrogen-bond acceptors (Lipinski definition) is 2. The third-order valence-electron chi connectivity index (χ3n) is 3.93. The molecular weight excluding hydrogens is 266 g/mol. The molecule has 0 fully saturated rings. The smallest absolute Gasteiger partial charge is 0.305 e. The zero-order valence-corrected chi connectivity index (χ0v) is 13.1. The van der Waals surface area contributed by atoms with Gasteiger partial charge in [-0.05, 0) is 31.2 Å². The number of carboxylic acids is 1. The van der Waals surface area contributed by atoms with Gasteiger partial charge in [-0.1, -0.05) is 44.2 Å². The zero-order valence-electron chi connectivity index (χ0n) is 13.1. The van der Waals surface area contributed by atoms with E-state index in [1.807, 2.05) is 44.2 Å². The molecule has 1 atom stereocenters. The van der Waals surface area contributed by atoms with Crippen LogP contribution in [0.1, 0.15) is 45.6 Å². The van der Waals surface area contributed by atoms with Crippen molar-refractivity contribution < 1.29 is 14.7 Å². The quantitative estimate of drug-likeness (QED) is 0.773. The van der Waals surface area contributed by atoms with E-state index in [9.17, 15) is 9.59 Å². The Morgan fingerprint density at radius 1 is 1.24 bits per heavy atom. The minimum atomic E-state index is -0.893. The zero-order chi connectivity index (χ0) is 15.9. The van der Waals surface area contributed by atoms with Gasteiger partial charge in [-0.2, -0.15) is 0 Å². The summed E-state index contributed by atoms with van der Waals surface area (Å²) in [5.41, 5.74) is 0.512. The van der Waals surface area contributed by atoms with E-state index in [-0.39, 0.29) is 18.2 Å². The van der Waals surface area contributed by atoms with Gasteiger partial charge in [0.05, 0.1) is 6.42 Å². The molecule has 116 valence electrons. The number of carbonyl (C=O) groups is 2. The summed E-state index contributed by atoms with van der Waals surface area (Å²) in [7, 11) is 0. The predicted molar refractivity (Wildman–Crippen MR) is 83.0 cm³/mol. The largest absolute Gasteiger partial charge is 0.481 e. The number of aliphatic carboxylic acids is 1. The molecule has 1 rings (SSSR count). The van der Waals surface area contributed by atoms with Gasteiger partial charge in [-0.25, -0.2) is 0 Å². The van der Waals surface area contributed by atoms with Crippen molar-refractivity contribution in [3.8, 4) is 0 Å². The second-order valence-electron chi connectivity index (χ2n) is 6.03. The highest BCUT2D eigenvalue weighted by Crippen LogP contribution is 2.21. The number of amides is 1. The van der Waals surface area contributed by atoms with Crippen LogP contribution in [0.3, 0.4) is 0 Å². The summed E-state index contributed by atoms with van der Waals surface area (Å²) in [6.07, 6.45) is 1.97. The minimum Gasteiger partial charge on any atom is -0.481 e. The Morgan fingerprint density at radius 2 is 1.86 bits per heavy atom. The first-order valence-corrected chi connectivity index (χ1v) is 7.40. The first-order valence-electron chi connectivity index (χ1n) is 7.40. The number of hydrogen-bond donors (Lipinski definition) is 2. The molecule has 1 amide bonds. The Hall–Kier alpha value is -1.84. The van der Waals surface area contributed by atoms with E-state index >= 15 is 0 Å². The van der Waals surface area contributed by atoms with Crippen LogP contribution in [0, 0.1) is 5.92 Å². The maximum Gasteiger partial charge on any atom is 0.305 e. The van der Waals surface area contributed by atoms with Gasteiger partial charge >= 0.3 is 5.97 Å². The van der Waals surface area contributed by atoms with Crippen LogP contribution >= 0.6 is 0 Å². The summed E-state index contributed by atoms with van der Waals surface area (Å²) in [6.45, 7) is 5.64. The summed E-state index contributed by atoms with van der Waals surface area (Å²) in [5, 5.41) is 11.9. The molecule has 0 heterocycles. The van der Waals surface area contributed by atoms with Gasteiger partial charge in [-0.3, -0.25) is 9.59 Å². The predicted octanol–water partition coefficient (Wildman–Crippen LogP) is 3.01. The summed E-state index contributed by atoms with van der Waals surface area (Å²) >= 11 is 0. The lowest BCUT2D eigenvalue weighted by atomic mass is 9.85. The van der Waals surface area contributed by atoms with Crippen LogP contribution in [0.2, 0.25) is 0 Å². The Bertz CT molecular complexity index is 470. The summed E-state index contributed by atoms with van der Waals surface area (Å²) in [5.74, 6) is -0.911. The lowest BCUT2D eigenvalue weighted by Crippen LogP contribution is -2.51. The molecule has 0 bridgehead atoms. The number of benzene rings is 1. The monoisotopic (exact) mass is 291 g/mol. The van der Waals surface area contributed by atoms with E-state index in [4.69, 9.17) is 5.11 Å². The molecule has 0 saturated carbocycles. The Morgan fingerprint density at radius 3 is 2.38 bits per heavy atom. The molecule has 0 saturated heterocycles. The van der Waals surface area contributed by atoms with Gasteiger partial charge in [0.2, 0.25) is 5.91 Å². The molecule has 0 aromatic heterocycles. The molecule has 1 aromatic rings. The van der Waals surface area contributed by atoms with E-state index < -0.39 is 11.5 Å². The average Bonchev–Trinajstić information content (AvgIpc) is 2.38. The molecule has 4 nitrogen and oxygen atoms in total. The summed E-state index contributed by atoms with van der Waals surface area (Å²) < 4.78 is 0. The van der Waals surface area contributed by atoms with E-state index in [0.29, 0.717) is 6.42 Å². The van der Waals surface area contributed by atoms with Crippen LogP contribution in [0.15, 0.2) is 30.3 Å². The topological polar surface area (TPSA) is 66.4 Å². The molecule has 2 N–H and O–H groups in total. The van der Waals surface area contributed by atoms with Crippen LogP contribution < -0.4 is 5.32 Å². The first kappa shape index (κ1) is 17.2. The third kappa shape index (κ3) is 5.98. The van der Waals surface area contributed by atoms with E-state index in [1.165, 1.54) is 5.56 Å². The van der Waals surface area contributed by atoms with Gasteiger partial charge < -0.3 is 10.4 Å². The van der Waals surface area contributed by atoms with Gasteiger partial charge in [0, 0.05) is 12.0 Å². The van der Waals surface area contributed by atoms with Crippen molar-refractivity contribution >= 4 is 11.9 Å². The number of aryl methyl sites for hydroxylation is 1. The van der Waals surface area contributed by atoms with Gasteiger partial charge in [0.15, 0.2) is 0 Å². The number of nitrogens with one attached hydrogen (secondary N) is 1. The number of carboxylic acid groups (broad SMARTS) is 1. The minimum absolute atomic E-state index is 0.0604. The Kier molecular flexibility index (Phi) is 6.40. The highest BCUT2D eigenvalue weighted by molar-refractivity contribution is 5.78. The first-order chi connectivity index (χ1) is 9.83. The molecule has 1 unspecified atom stereocenters. The van der Waals surface area contributed by atoms with Crippen LogP contribution in [0.5, 0.6) is 0 Å². The average molecular weight is 291 g/mol. The lowest BCUT2D eigenvalue weighted by Gasteiger charge is -2.33. The van der Waals surface area contributed by atoms with Crippen molar-refractivity contribution in [2.45, 2.75) is 52.0 Å². The number of carbonyl (C=O) groups excluding carboxylic acids is 1. The fraction of sp³-hybridized carbons (Fsp3) is 0.529. The van der Waals surface area contributed by atoms with Gasteiger partial charge in [0.25, 0.3) is 0 Å². The van der Waals surface area contributed by atoms with Crippen molar-refractivity contribution in [3.63, 3.8) is 0 Å². The fourth-order valence-electron chi connectivity index (χ4n) is 2.19. The van der Waals surface area contributed by atoms with Gasteiger partial charge in [-0.15, -0.1) is 0 Å². The Labute approximate surface area is 126 Å². The van der Waals surface area contributed by atoms with Gasteiger partial charge in [0.1, 0.15) is 0 Å². The maximum atomic E-state index is 12.0. The fourth-order valence-corrected chi connectivity index (χ4v) is 2.19. The highest BCUT2D eigenvalue weighted by Gasteiger charge is 2.32. The van der Waals surface area contributed by atoms with Crippen molar-refractivity contribution in [1.82, 2.24) is 5.32 Å². The van der Waals surface area contributed by atoms with Crippen LogP contribution in [0.4, 0.5) is 0 Å². The van der Waals surface area contributed by atoms with E-state index in [2.05, 4.69) is 5.32 Å². The molecule has 1 aromatic carbocycles. The summed E-state index contributed by atoms with van der Waals surface area (Å²) in [6, 6.07) is 10.0. The van der Waals surface area contributed by atoms with Crippen LogP contribution in [-0.2, 0) is 16.0 Å². The Balaban J connectivity index is 2.45. The number of rotatable bonds is 8. The summed E-state index contributed by atoms with van der Waals surface area (Å²) in [4.78, 5) is 23.0. The normalized spacial score (nSPS) is 13.7. The van der Waals surface area contributed by atoms with E-state index in [1.54, 1.807) is 6.92 Å². The SMILES string of the molecule is CC(C)C(C)(CC(=O)O)NC(=O)CCCc1ccccc1. The highest BCUT2D eigenvalue weighted by atomic mass is 16.4. The van der Waals surface area contributed by atoms with Crippen LogP contribution in [-0.4, -0.2) is 22.5 Å². The molecule has 0 radical (unpaired) electrons. The molecule has 0 aliphatic rings. The van der Waals surface area contributed by atoms with Crippen molar-refractivity contribution in [1.29, 1.82) is 0 Å². The molecule has 21 heavy (non-hydrogen) atoms. The third-order valence-corrected chi connectivity index (χ3v) is 3.93. The molecule has 4 heteroatoms. The molecule has 0 aliphatic heterocycles. The lowest BCUT2D eigenvalue weighted by molar-refractivity contribution is -0.139. The second-order valence-corrected chi connectivity index (χ2v) is 6.03. The molecule has 0 aliphatic carbocycles.